The minimum absolute atomic E-state index is 0.132. The molecule has 2 aromatic heterocycles. The number of aromatic nitrogens is 4. The third-order valence-electron chi connectivity index (χ3n) is 3.58. The van der Waals surface area contributed by atoms with Crippen molar-refractivity contribution < 1.29 is 14.9 Å². The van der Waals surface area contributed by atoms with E-state index in [0.29, 0.717) is 4.73 Å². The Morgan fingerprint density at radius 2 is 2.29 bits per heavy atom. The van der Waals surface area contributed by atoms with E-state index in [9.17, 15) is 15.0 Å². The quantitative estimate of drug-likeness (QED) is 0.366. The summed E-state index contributed by atoms with van der Waals surface area (Å²) in [6.45, 7) is -0.297. The number of hydrogen-bond donors (Lipinski definition) is 3. The van der Waals surface area contributed by atoms with Crippen molar-refractivity contribution in [2.75, 3.05) is 20.7 Å². The minimum atomic E-state index is -0.808. The summed E-state index contributed by atoms with van der Waals surface area (Å²) < 4.78 is 7.54. The maximum atomic E-state index is 12.2. The first kappa shape index (κ1) is 17.0. The summed E-state index contributed by atoms with van der Waals surface area (Å²) in [5.74, 6) is 0.132. The van der Waals surface area contributed by atoms with E-state index in [4.69, 9.17) is 4.74 Å². The summed E-state index contributed by atoms with van der Waals surface area (Å²) >= 11 is 3.29. The lowest BCUT2D eigenvalue weighted by Crippen LogP contribution is -2.24. The van der Waals surface area contributed by atoms with Crippen LogP contribution in [0.5, 0.6) is 0 Å². The standard InChI is InChI=1S/C13H17BrN6O4/c1-19(2)5-15-13-17-10-9(11(23)18-13)16-12(14)20(10)8-3-6(22)7(4-21)24-8/h5-8,21-22H,3-4H2,1-2H3,(H,17,18,23)/b15-5-/t6-,7-,8-/m1/s1. The molecule has 0 unspecified atom stereocenters. The predicted molar refractivity (Wildman–Crippen MR) is 89.3 cm³/mol. The molecule has 11 heteroatoms. The molecule has 2 aromatic rings. The number of ether oxygens (including phenoxy) is 1. The lowest BCUT2D eigenvalue weighted by atomic mass is 10.2. The van der Waals surface area contributed by atoms with Crippen LogP contribution in [0.1, 0.15) is 12.6 Å². The van der Waals surface area contributed by atoms with Crippen molar-refractivity contribution in [3.05, 3.63) is 15.1 Å². The number of nitrogens with zero attached hydrogens (tertiary/aromatic N) is 5. The molecular weight excluding hydrogens is 384 g/mol. The zero-order chi connectivity index (χ0) is 17.4. The van der Waals surface area contributed by atoms with Crippen molar-refractivity contribution in [3.8, 4) is 0 Å². The Kier molecular flexibility index (Phi) is 4.67. The van der Waals surface area contributed by atoms with Crippen LogP contribution in [0.3, 0.4) is 0 Å². The Morgan fingerprint density at radius 3 is 2.92 bits per heavy atom. The third-order valence-corrected chi connectivity index (χ3v) is 4.14. The van der Waals surface area contributed by atoms with Gasteiger partial charge in [-0.25, -0.2) is 9.98 Å². The van der Waals surface area contributed by atoms with E-state index in [0.717, 1.165) is 0 Å². The van der Waals surface area contributed by atoms with Gasteiger partial charge in [0, 0.05) is 20.5 Å². The first-order valence-electron chi connectivity index (χ1n) is 7.23. The van der Waals surface area contributed by atoms with Gasteiger partial charge in [0.2, 0.25) is 5.95 Å². The maximum absolute atomic E-state index is 12.2. The molecule has 10 nitrogen and oxygen atoms in total. The fraction of sp³-hybridized carbons (Fsp3) is 0.538. The smallest absolute Gasteiger partial charge is 0.280 e. The zero-order valence-electron chi connectivity index (χ0n) is 13.0. The SMILES string of the molecule is CN(C)/C=N\c1nc2c(nc(Br)n2[C@H]2C[C@@H](O)[C@@H](CO)O2)c(=O)[nH]1. The molecule has 1 saturated heterocycles. The summed E-state index contributed by atoms with van der Waals surface area (Å²) in [6.07, 6.45) is -0.334. The maximum Gasteiger partial charge on any atom is 0.280 e. The van der Waals surface area contributed by atoms with E-state index in [-0.39, 0.29) is 30.1 Å². The molecule has 0 spiro atoms. The molecule has 0 aromatic carbocycles. The summed E-state index contributed by atoms with van der Waals surface area (Å²) in [5, 5.41) is 19.2. The summed E-state index contributed by atoms with van der Waals surface area (Å²) in [5.41, 5.74) is -0.00820. The van der Waals surface area contributed by atoms with Gasteiger partial charge < -0.3 is 19.8 Å². The van der Waals surface area contributed by atoms with Crippen molar-refractivity contribution in [1.82, 2.24) is 24.4 Å². The van der Waals surface area contributed by atoms with Gasteiger partial charge in [-0.05, 0) is 15.9 Å². The number of aliphatic hydroxyl groups is 2. The van der Waals surface area contributed by atoms with Crippen LogP contribution >= 0.6 is 15.9 Å². The number of H-pyrrole nitrogens is 1. The fourth-order valence-corrected chi connectivity index (χ4v) is 3.04. The second-order valence-electron chi connectivity index (χ2n) is 5.64. The Hall–Kier alpha value is -1.82. The fourth-order valence-electron chi connectivity index (χ4n) is 2.47. The molecule has 0 amide bonds. The molecule has 3 rings (SSSR count). The van der Waals surface area contributed by atoms with Crippen molar-refractivity contribution in [2.45, 2.75) is 24.9 Å². The van der Waals surface area contributed by atoms with E-state index in [1.807, 2.05) is 0 Å². The van der Waals surface area contributed by atoms with Gasteiger partial charge in [0.05, 0.1) is 19.0 Å². The minimum Gasteiger partial charge on any atom is -0.394 e. The molecule has 0 bridgehead atoms. The van der Waals surface area contributed by atoms with E-state index in [1.54, 1.807) is 23.6 Å². The monoisotopic (exact) mass is 400 g/mol. The topological polar surface area (TPSA) is 129 Å². The molecule has 130 valence electrons. The molecule has 3 N–H and O–H groups in total. The van der Waals surface area contributed by atoms with Crippen LogP contribution in [0.2, 0.25) is 0 Å². The number of hydrogen-bond acceptors (Lipinski definition) is 7. The summed E-state index contributed by atoms with van der Waals surface area (Å²) in [4.78, 5) is 29.0. The van der Waals surface area contributed by atoms with Crippen LogP contribution in [0.15, 0.2) is 14.5 Å². The molecule has 3 atom stereocenters. The third kappa shape index (κ3) is 3.07. The summed E-state index contributed by atoms with van der Waals surface area (Å²) in [7, 11) is 3.59. The van der Waals surface area contributed by atoms with Gasteiger partial charge in [-0.1, -0.05) is 0 Å². The molecule has 24 heavy (non-hydrogen) atoms. The number of halogens is 1. The van der Waals surface area contributed by atoms with Gasteiger partial charge >= 0.3 is 0 Å². The number of imidazole rings is 1. The highest BCUT2D eigenvalue weighted by molar-refractivity contribution is 9.10. The number of rotatable bonds is 4. The van der Waals surface area contributed by atoms with Crippen molar-refractivity contribution in [3.63, 3.8) is 0 Å². The van der Waals surface area contributed by atoms with Crippen LogP contribution in [0, 0.1) is 0 Å². The van der Waals surface area contributed by atoms with Crippen molar-refractivity contribution >= 4 is 39.4 Å². The van der Waals surface area contributed by atoms with E-state index >= 15 is 0 Å². The number of aliphatic hydroxyl groups excluding tert-OH is 2. The van der Waals surface area contributed by atoms with E-state index in [2.05, 4.69) is 35.9 Å². The molecule has 1 aliphatic heterocycles. The Labute approximate surface area is 144 Å². The number of aromatic amines is 1. The van der Waals surface area contributed by atoms with Crippen LogP contribution in [-0.2, 0) is 4.74 Å². The second kappa shape index (κ2) is 6.59. The lowest BCUT2D eigenvalue weighted by molar-refractivity contribution is -0.0439. The van der Waals surface area contributed by atoms with Crippen LogP contribution < -0.4 is 5.56 Å². The molecular formula is C13H17BrN6O4. The van der Waals surface area contributed by atoms with Crippen LogP contribution in [0.4, 0.5) is 5.95 Å². The van der Waals surface area contributed by atoms with Gasteiger partial charge in [0.1, 0.15) is 12.3 Å². The van der Waals surface area contributed by atoms with E-state index < -0.39 is 24.0 Å². The van der Waals surface area contributed by atoms with E-state index in [1.165, 1.54) is 6.34 Å². The average Bonchev–Trinajstić information content (AvgIpc) is 3.04. The van der Waals surface area contributed by atoms with Crippen molar-refractivity contribution in [2.24, 2.45) is 4.99 Å². The molecule has 0 aliphatic carbocycles. The Bertz CT molecular complexity index is 832. The van der Waals surface area contributed by atoms with Gasteiger partial charge in [0.15, 0.2) is 15.9 Å². The van der Waals surface area contributed by atoms with Gasteiger partial charge in [-0.15, -0.1) is 0 Å². The number of aliphatic imine (C=N–C) groups is 1. The van der Waals surface area contributed by atoms with Gasteiger partial charge in [-0.2, -0.15) is 4.98 Å². The number of fused-ring (bicyclic) bond motifs is 1. The largest absolute Gasteiger partial charge is 0.394 e. The van der Waals surface area contributed by atoms with Gasteiger partial charge in [0.25, 0.3) is 5.56 Å². The highest BCUT2D eigenvalue weighted by atomic mass is 79.9. The highest BCUT2D eigenvalue weighted by Crippen LogP contribution is 2.33. The van der Waals surface area contributed by atoms with Crippen LogP contribution in [0.25, 0.3) is 11.2 Å². The zero-order valence-corrected chi connectivity index (χ0v) is 14.6. The van der Waals surface area contributed by atoms with Crippen LogP contribution in [-0.4, -0.2) is 73.9 Å². The molecule has 1 fully saturated rings. The number of nitrogens with one attached hydrogen (secondary N) is 1. The normalized spacial score (nSPS) is 24.3. The first-order valence-corrected chi connectivity index (χ1v) is 8.02. The molecule has 1 aliphatic rings. The summed E-state index contributed by atoms with van der Waals surface area (Å²) in [6, 6.07) is 0. The van der Waals surface area contributed by atoms with Crippen molar-refractivity contribution in [1.29, 1.82) is 0 Å². The van der Waals surface area contributed by atoms with Gasteiger partial charge in [-0.3, -0.25) is 14.3 Å². The lowest BCUT2D eigenvalue weighted by Gasteiger charge is -2.14. The predicted octanol–water partition coefficient (Wildman–Crippen LogP) is -0.256. The highest BCUT2D eigenvalue weighted by Gasteiger charge is 2.36. The Morgan fingerprint density at radius 1 is 1.54 bits per heavy atom. The first-order chi connectivity index (χ1) is 11.4. The molecule has 0 radical (unpaired) electrons. The molecule has 0 saturated carbocycles. The average molecular weight is 401 g/mol. The Balaban J connectivity index is 2.08. The molecule has 3 heterocycles. The second-order valence-corrected chi connectivity index (χ2v) is 6.34.